The molecule has 1 aliphatic heterocycles. The zero-order valence-electron chi connectivity index (χ0n) is 9.00. The minimum Gasteiger partial charge on any atom is -0.326 e. The van der Waals surface area contributed by atoms with E-state index in [0.29, 0.717) is 15.7 Å². The van der Waals surface area contributed by atoms with Gasteiger partial charge in [0, 0.05) is 12.2 Å². The van der Waals surface area contributed by atoms with Gasteiger partial charge in [0.05, 0.1) is 16.0 Å². The summed E-state index contributed by atoms with van der Waals surface area (Å²) in [7, 11) is 0. The maximum absolute atomic E-state index is 11.8. The van der Waals surface area contributed by atoms with Crippen molar-refractivity contribution in [3.63, 3.8) is 0 Å². The van der Waals surface area contributed by atoms with Crippen LogP contribution in [0, 0.1) is 5.92 Å². The first-order valence-corrected chi connectivity index (χ1v) is 5.89. The molecule has 0 radical (unpaired) electrons. The van der Waals surface area contributed by atoms with Gasteiger partial charge in [-0.1, -0.05) is 23.2 Å². The monoisotopic (exact) mass is 294 g/mol. The molecule has 1 fully saturated rings. The Morgan fingerprint density at radius 1 is 1.35 bits per heavy atom. The highest BCUT2D eigenvalue weighted by atomic mass is 35.5. The molecule has 0 aromatic heterocycles. The van der Waals surface area contributed by atoms with Crippen LogP contribution in [0.5, 0.6) is 0 Å². The van der Waals surface area contributed by atoms with Crippen molar-refractivity contribution >= 4 is 47.2 Å². The number of hydrogen-bond acceptors (Lipinski definition) is 2. The third kappa shape index (κ3) is 3.75. The summed E-state index contributed by atoms with van der Waals surface area (Å²) < 4.78 is 0. The maximum atomic E-state index is 11.8. The standard InChI is InChI=1S/C11H12Cl2N2O.ClH/c12-9-2-1-8(5-10(9)13)15-11(16)7-3-4-14-6-7;/h1-2,5,7,14H,3-4,6H2,(H,15,16);1H. The Bertz CT molecular complexity index is 406. The number of anilines is 1. The second-order valence-corrected chi connectivity index (χ2v) is 4.62. The van der Waals surface area contributed by atoms with Crippen LogP contribution in [0.3, 0.4) is 0 Å². The summed E-state index contributed by atoms with van der Waals surface area (Å²) in [6.45, 7) is 1.65. The van der Waals surface area contributed by atoms with Gasteiger partial charge < -0.3 is 10.6 Å². The molecular weight excluding hydrogens is 282 g/mol. The van der Waals surface area contributed by atoms with Gasteiger partial charge in [-0.2, -0.15) is 0 Å². The molecule has 0 aliphatic carbocycles. The molecule has 0 bridgehead atoms. The molecule has 1 aliphatic rings. The predicted molar refractivity (Wildman–Crippen MR) is 73.3 cm³/mol. The highest BCUT2D eigenvalue weighted by molar-refractivity contribution is 6.42. The van der Waals surface area contributed by atoms with E-state index in [9.17, 15) is 4.79 Å². The van der Waals surface area contributed by atoms with Gasteiger partial charge >= 0.3 is 0 Å². The normalized spacial score (nSPS) is 18.6. The van der Waals surface area contributed by atoms with E-state index in [4.69, 9.17) is 23.2 Å². The smallest absolute Gasteiger partial charge is 0.228 e. The summed E-state index contributed by atoms with van der Waals surface area (Å²) >= 11 is 11.7. The highest BCUT2D eigenvalue weighted by Crippen LogP contribution is 2.25. The van der Waals surface area contributed by atoms with Crippen molar-refractivity contribution in [2.75, 3.05) is 18.4 Å². The Hall–Kier alpha value is -0.480. The van der Waals surface area contributed by atoms with E-state index in [1.54, 1.807) is 18.2 Å². The number of carbonyl (C=O) groups excluding carboxylic acids is 1. The predicted octanol–water partition coefficient (Wildman–Crippen LogP) is 2.96. The van der Waals surface area contributed by atoms with Crippen molar-refractivity contribution in [3.8, 4) is 0 Å². The summed E-state index contributed by atoms with van der Waals surface area (Å²) in [5, 5.41) is 6.92. The molecule has 0 saturated carbocycles. The lowest BCUT2D eigenvalue weighted by Crippen LogP contribution is -2.24. The van der Waals surface area contributed by atoms with E-state index in [0.717, 1.165) is 19.5 Å². The molecule has 1 amide bonds. The largest absolute Gasteiger partial charge is 0.326 e. The van der Waals surface area contributed by atoms with E-state index in [-0.39, 0.29) is 24.2 Å². The van der Waals surface area contributed by atoms with E-state index < -0.39 is 0 Å². The van der Waals surface area contributed by atoms with Crippen LogP contribution >= 0.6 is 35.6 Å². The summed E-state index contributed by atoms with van der Waals surface area (Å²) in [6, 6.07) is 5.07. The average molecular weight is 296 g/mol. The topological polar surface area (TPSA) is 41.1 Å². The van der Waals surface area contributed by atoms with E-state index in [2.05, 4.69) is 10.6 Å². The Morgan fingerprint density at radius 3 is 2.71 bits per heavy atom. The van der Waals surface area contributed by atoms with Crippen LogP contribution < -0.4 is 10.6 Å². The summed E-state index contributed by atoms with van der Waals surface area (Å²) in [4.78, 5) is 11.8. The van der Waals surface area contributed by atoms with Crippen LogP contribution in [-0.4, -0.2) is 19.0 Å². The Morgan fingerprint density at radius 2 is 2.12 bits per heavy atom. The fraction of sp³-hybridized carbons (Fsp3) is 0.364. The minimum absolute atomic E-state index is 0. The Labute approximate surface area is 116 Å². The lowest BCUT2D eigenvalue weighted by Gasteiger charge is -2.10. The molecule has 3 nitrogen and oxygen atoms in total. The lowest BCUT2D eigenvalue weighted by molar-refractivity contribution is -0.119. The van der Waals surface area contributed by atoms with Crippen LogP contribution in [0.15, 0.2) is 18.2 Å². The van der Waals surface area contributed by atoms with Crippen molar-refractivity contribution in [2.24, 2.45) is 5.92 Å². The number of rotatable bonds is 2. The SMILES string of the molecule is Cl.O=C(Nc1ccc(Cl)c(Cl)c1)C1CCNC1. The first-order valence-electron chi connectivity index (χ1n) is 5.13. The molecule has 1 saturated heterocycles. The van der Waals surface area contributed by atoms with Gasteiger partial charge in [0.2, 0.25) is 5.91 Å². The van der Waals surface area contributed by atoms with Gasteiger partial charge in [0.25, 0.3) is 0 Å². The van der Waals surface area contributed by atoms with Crippen molar-refractivity contribution in [2.45, 2.75) is 6.42 Å². The first-order chi connectivity index (χ1) is 7.66. The molecule has 2 rings (SSSR count). The number of nitrogens with one attached hydrogen (secondary N) is 2. The minimum atomic E-state index is 0. The molecule has 17 heavy (non-hydrogen) atoms. The highest BCUT2D eigenvalue weighted by Gasteiger charge is 2.22. The van der Waals surface area contributed by atoms with Crippen molar-refractivity contribution < 1.29 is 4.79 Å². The lowest BCUT2D eigenvalue weighted by atomic mass is 10.1. The van der Waals surface area contributed by atoms with Crippen molar-refractivity contribution in [1.82, 2.24) is 5.32 Å². The quantitative estimate of drug-likeness (QED) is 0.881. The molecule has 2 N–H and O–H groups in total. The molecule has 0 spiro atoms. The molecule has 94 valence electrons. The molecule has 1 aromatic carbocycles. The van der Waals surface area contributed by atoms with Gasteiger partial charge in [-0.15, -0.1) is 12.4 Å². The fourth-order valence-electron chi connectivity index (χ4n) is 1.70. The van der Waals surface area contributed by atoms with E-state index in [1.165, 1.54) is 0 Å². The van der Waals surface area contributed by atoms with Gasteiger partial charge in [0.15, 0.2) is 0 Å². The number of amides is 1. The van der Waals surface area contributed by atoms with Crippen molar-refractivity contribution in [3.05, 3.63) is 28.2 Å². The van der Waals surface area contributed by atoms with Gasteiger partial charge in [-0.25, -0.2) is 0 Å². The van der Waals surface area contributed by atoms with Crippen LogP contribution in [0.25, 0.3) is 0 Å². The molecule has 1 atom stereocenters. The fourth-order valence-corrected chi connectivity index (χ4v) is 1.99. The van der Waals surface area contributed by atoms with Crippen LogP contribution in [0.4, 0.5) is 5.69 Å². The molecule has 1 unspecified atom stereocenters. The molecule has 1 aromatic rings. The summed E-state index contributed by atoms with van der Waals surface area (Å²) in [5.74, 6) is 0.0813. The summed E-state index contributed by atoms with van der Waals surface area (Å²) in [5.41, 5.74) is 0.686. The van der Waals surface area contributed by atoms with Crippen LogP contribution in [0.2, 0.25) is 10.0 Å². The van der Waals surface area contributed by atoms with Crippen LogP contribution in [0.1, 0.15) is 6.42 Å². The second kappa shape index (κ2) is 6.45. The number of hydrogen-bond donors (Lipinski definition) is 2. The second-order valence-electron chi connectivity index (χ2n) is 3.81. The Balaban J connectivity index is 0.00000144. The van der Waals surface area contributed by atoms with Crippen LogP contribution in [-0.2, 0) is 4.79 Å². The third-order valence-corrected chi connectivity index (χ3v) is 3.36. The third-order valence-electron chi connectivity index (χ3n) is 2.62. The van der Waals surface area contributed by atoms with Gasteiger partial charge in [-0.3, -0.25) is 4.79 Å². The zero-order valence-corrected chi connectivity index (χ0v) is 11.3. The molecule has 1 heterocycles. The summed E-state index contributed by atoms with van der Waals surface area (Å²) in [6.07, 6.45) is 0.882. The average Bonchev–Trinajstić information content (AvgIpc) is 2.77. The molecular formula is C11H13Cl3N2O. The number of benzene rings is 1. The first kappa shape index (κ1) is 14.6. The van der Waals surface area contributed by atoms with Crippen molar-refractivity contribution in [1.29, 1.82) is 0 Å². The Kier molecular flexibility index (Phi) is 5.53. The van der Waals surface area contributed by atoms with E-state index in [1.807, 2.05) is 0 Å². The maximum Gasteiger partial charge on any atom is 0.228 e. The molecule has 6 heteroatoms. The zero-order chi connectivity index (χ0) is 11.5. The van der Waals surface area contributed by atoms with Gasteiger partial charge in [-0.05, 0) is 31.2 Å². The number of carbonyl (C=O) groups is 1. The number of halogens is 3. The van der Waals surface area contributed by atoms with Gasteiger partial charge in [0.1, 0.15) is 0 Å². The van der Waals surface area contributed by atoms with E-state index >= 15 is 0 Å².